The van der Waals surface area contributed by atoms with Crippen molar-refractivity contribution in [2.45, 2.75) is 44.9 Å². The van der Waals surface area contributed by atoms with Crippen molar-refractivity contribution >= 4 is 17.6 Å². The van der Waals surface area contributed by atoms with E-state index in [4.69, 9.17) is 4.74 Å². The van der Waals surface area contributed by atoms with Gasteiger partial charge in [0.05, 0.1) is 18.0 Å². The van der Waals surface area contributed by atoms with Crippen molar-refractivity contribution in [3.63, 3.8) is 0 Å². The lowest BCUT2D eigenvalue weighted by Gasteiger charge is -2.12. The molecule has 1 saturated carbocycles. The van der Waals surface area contributed by atoms with Crippen LogP contribution in [0.5, 0.6) is 11.5 Å². The van der Waals surface area contributed by atoms with Crippen molar-refractivity contribution in [1.29, 1.82) is 0 Å². The van der Waals surface area contributed by atoms with Crippen LogP contribution in [0.1, 0.15) is 60.1 Å². The summed E-state index contributed by atoms with van der Waals surface area (Å²) in [5.41, 5.74) is 3.95. The molecule has 8 nitrogen and oxygen atoms in total. The third kappa shape index (κ3) is 6.34. The second kappa shape index (κ2) is 12.5. The van der Waals surface area contributed by atoms with Gasteiger partial charge in [-0.3, -0.25) is 4.79 Å². The molecule has 0 spiro atoms. The molecule has 40 heavy (non-hydrogen) atoms. The maximum atomic E-state index is 13.2. The molecule has 0 radical (unpaired) electrons. The molecule has 0 atom stereocenters. The van der Waals surface area contributed by atoms with Gasteiger partial charge in [0.25, 0.3) is 5.91 Å². The molecule has 1 heterocycles. The highest BCUT2D eigenvalue weighted by Crippen LogP contribution is 2.38. The summed E-state index contributed by atoms with van der Waals surface area (Å²) < 4.78 is 6.88. The fraction of sp³-hybridized carbons (Fsp3) is 0.281. The number of phenols is 1. The number of benzene rings is 3. The number of ether oxygens (including phenoxy) is 1. The first-order chi connectivity index (χ1) is 19.5. The average Bonchev–Trinajstić information content (AvgIpc) is 3.65. The molecule has 2 amide bonds. The summed E-state index contributed by atoms with van der Waals surface area (Å²) in [7, 11) is 0. The van der Waals surface area contributed by atoms with Crippen molar-refractivity contribution in [3.05, 3.63) is 95.7 Å². The number of nitrogens with one attached hydrogen (secondary N) is 2. The summed E-state index contributed by atoms with van der Waals surface area (Å²) in [4.78, 5) is 25.9. The molecule has 5 rings (SSSR count). The predicted molar refractivity (Wildman–Crippen MR) is 155 cm³/mol. The quantitative estimate of drug-likeness (QED) is 0.230. The SMILES string of the molecule is CCOc1ccc(C(=O)Nc2ccc(-c3cc(C4CCCC4)n(C(=O)NCCc4ccccc4)n3)c(O)c2)cc1. The van der Waals surface area contributed by atoms with Crippen LogP contribution in [0.3, 0.4) is 0 Å². The fourth-order valence-corrected chi connectivity index (χ4v) is 5.13. The molecular weight excluding hydrogens is 504 g/mol. The normalized spacial score (nSPS) is 13.2. The zero-order valence-corrected chi connectivity index (χ0v) is 22.6. The van der Waals surface area contributed by atoms with Crippen molar-refractivity contribution in [2.75, 3.05) is 18.5 Å². The van der Waals surface area contributed by atoms with E-state index in [1.807, 2.05) is 43.3 Å². The van der Waals surface area contributed by atoms with Gasteiger partial charge < -0.3 is 20.5 Å². The van der Waals surface area contributed by atoms with E-state index < -0.39 is 0 Å². The number of aromatic hydroxyl groups is 1. The Kier molecular flexibility index (Phi) is 8.44. The van der Waals surface area contributed by atoms with Crippen LogP contribution in [0.4, 0.5) is 10.5 Å². The van der Waals surface area contributed by atoms with Crippen molar-refractivity contribution in [3.8, 4) is 22.8 Å². The maximum absolute atomic E-state index is 13.2. The topological polar surface area (TPSA) is 105 Å². The Morgan fingerprint density at radius 1 is 1.00 bits per heavy atom. The number of carbonyl (C=O) groups is 2. The molecule has 4 aromatic rings. The lowest BCUT2D eigenvalue weighted by molar-refractivity contribution is 0.102. The molecular formula is C32H34N4O4. The van der Waals surface area contributed by atoms with Gasteiger partial charge in [-0.25, -0.2) is 4.79 Å². The molecule has 3 aromatic carbocycles. The minimum absolute atomic E-state index is 0.0309. The summed E-state index contributed by atoms with van der Waals surface area (Å²) in [5, 5.41) is 21.3. The Hall–Kier alpha value is -4.59. The Balaban J connectivity index is 1.31. The van der Waals surface area contributed by atoms with E-state index in [0.29, 0.717) is 41.4 Å². The lowest BCUT2D eigenvalue weighted by Crippen LogP contribution is -2.32. The first kappa shape index (κ1) is 27.0. The molecule has 3 N–H and O–H groups in total. The van der Waals surface area contributed by atoms with E-state index in [-0.39, 0.29) is 23.6 Å². The van der Waals surface area contributed by atoms with Crippen LogP contribution < -0.4 is 15.4 Å². The van der Waals surface area contributed by atoms with E-state index in [9.17, 15) is 14.7 Å². The molecule has 0 saturated heterocycles. The number of hydrogen-bond acceptors (Lipinski definition) is 5. The Labute approximate surface area is 234 Å². The molecule has 1 aliphatic carbocycles. The third-order valence-corrected chi connectivity index (χ3v) is 7.19. The van der Waals surface area contributed by atoms with Crippen LogP contribution in [-0.4, -0.2) is 40.0 Å². The Bertz CT molecular complexity index is 1460. The van der Waals surface area contributed by atoms with E-state index in [0.717, 1.165) is 43.4 Å². The van der Waals surface area contributed by atoms with Crippen LogP contribution in [0.2, 0.25) is 0 Å². The second-order valence-corrected chi connectivity index (χ2v) is 9.96. The summed E-state index contributed by atoms with van der Waals surface area (Å²) in [5.74, 6) is 0.616. The van der Waals surface area contributed by atoms with Crippen molar-refractivity contribution in [2.24, 2.45) is 0 Å². The zero-order valence-electron chi connectivity index (χ0n) is 22.6. The molecule has 8 heteroatoms. The summed E-state index contributed by atoms with van der Waals surface area (Å²) in [6.07, 6.45) is 4.98. The minimum Gasteiger partial charge on any atom is -0.507 e. The molecule has 0 unspecified atom stereocenters. The standard InChI is InChI=1S/C32H34N4O4/c1-2-40-26-15-12-24(13-16-26)31(38)34-25-14-17-27(30(37)20-25)28-21-29(23-10-6-7-11-23)36(35-28)32(39)33-19-18-22-8-4-3-5-9-22/h3-5,8-9,12-17,20-21,23,37H,2,6-7,10-11,18-19H2,1H3,(H,33,39)(H,34,38). The molecule has 1 aliphatic rings. The first-order valence-electron chi connectivity index (χ1n) is 13.8. The van der Waals surface area contributed by atoms with Gasteiger partial charge in [-0.15, -0.1) is 0 Å². The number of anilines is 1. The monoisotopic (exact) mass is 538 g/mol. The number of nitrogens with zero attached hydrogens (tertiary/aromatic N) is 2. The molecule has 206 valence electrons. The Morgan fingerprint density at radius 2 is 1.75 bits per heavy atom. The van der Waals surface area contributed by atoms with Gasteiger partial charge in [-0.1, -0.05) is 43.2 Å². The molecule has 1 fully saturated rings. The summed E-state index contributed by atoms with van der Waals surface area (Å²) in [6, 6.07) is 23.4. The van der Waals surface area contributed by atoms with E-state index in [1.54, 1.807) is 36.4 Å². The van der Waals surface area contributed by atoms with Gasteiger partial charge in [-0.2, -0.15) is 9.78 Å². The van der Waals surface area contributed by atoms with Gasteiger partial charge >= 0.3 is 6.03 Å². The van der Waals surface area contributed by atoms with Gasteiger partial charge in [0.1, 0.15) is 11.5 Å². The molecule has 0 aliphatic heterocycles. The van der Waals surface area contributed by atoms with Gasteiger partial charge in [0.15, 0.2) is 0 Å². The van der Waals surface area contributed by atoms with Crippen LogP contribution in [0.25, 0.3) is 11.3 Å². The van der Waals surface area contributed by atoms with Gasteiger partial charge in [0.2, 0.25) is 0 Å². The van der Waals surface area contributed by atoms with Crippen LogP contribution >= 0.6 is 0 Å². The van der Waals surface area contributed by atoms with Crippen molar-refractivity contribution in [1.82, 2.24) is 15.1 Å². The second-order valence-electron chi connectivity index (χ2n) is 9.96. The van der Waals surface area contributed by atoms with E-state index >= 15 is 0 Å². The van der Waals surface area contributed by atoms with Crippen LogP contribution in [0.15, 0.2) is 78.9 Å². The maximum Gasteiger partial charge on any atom is 0.342 e. The van der Waals surface area contributed by atoms with Gasteiger partial charge in [0, 0.05) is 35.3 Å². The van der Waals surface area contributed by atoms with Crippen LogP contribution in [-0.2, 0) is 6.42 Å². The highest BCUT2D eigenvalue weighted by Gasteiger charge is 2.26. The average molecular weight is 539 g/mol. The predicted octanol–water partition coefficient (Wildman–Crippen LogP) is 6.36. The highest BCUT2D eigenvalue weighted by molar-refractivity contribution is 6.04. The zero-order chi connectivity index (χ0) is 27.9. The number of phenolic OH excluding ortho intramolecular Hbond substituents is 1. The number of hydrogen-bond donors (Lipinski definition) is 3. The van der Waals surface area contributed by atoms with E-state index in [2.05, 4.69) is 15.7 Å². The summed E-state index contributed by atoms with van der Waals surface area (Å²) in [6.45, 7) is 2.95. The fourth-order valence-electron chi connectivity index (χ4n) is 5.13. The number of aromatic nitrogens is 2. The lowest BCUT2D eigenvalue weighted by atomic mass is 10.0. The number of carbonyl (C=O) groups excluding carboxylic acids is 2. The van der Waals surface area contributed by atoms with Gasteiger partial charge in [-0.05, 0) is 74.2 Å². The largest absolute Gasteiger partial charge is 0.507 e. The highest BCUT2D eigenvalue weighted by atomic mass is 16.5. The third-order valence-electron chi connectivity index (χ3n) is 7.19. The first-order valence-corrected chi connectivity index (χ1v) is 13.8. The van der Waals surface area contributed by atoms with Crippen molar-refractivity contribution < 1.29 is 19.4 Å². The summed E-state index contributed by atoms with van der Waals surface area (Å²) >= 11 is 0. The number of amides is 2. The smallest absolute Gasteiger partial charge is 0.342 e. The molecule has 1 aromatic heterocycles. The minimum atomic E-state index is -0.296. The Morgan fingerprint density at radius 3 is 2.45 bits per heavy atom. The number of rotatable bonds is 9. The molecule has 0 bridgehead atoms. The van der Waals surface area contributed by atoms with Crippen LogP contribution in [0, 0.1) is 0 Å². The van der Waals surface area contributed by atoms with E-state index in [1.165, 1.54) is 10.7 Å².